The molecule has 1 aromatic rings. The molecule has 4 N–H and O–H groups in total. The molecular weight excluding hydrogens is 230 g/mol. The molecule has 0 saturated heterocycles. The van der Waals surface area contributed by atoms with Crippen LogP contribution in [0.1, 0.15) is 31.2 Å². The first-order valence-corrected chi connectivity index (χ1v) is 6.45. The first-order chi connectivity index (χ1) is 8.81. The molecule has 0 aliphatic heterocycles. The molecular formula is C12H21N5O. The van der Waals surface area contributed by atoms with E-state index in [1.54, 1.807) is 0 Å². The number of hydrazine groups is 1. The number of nitrogens with two attached hydrogens (primary N) is 1. The molecule has 1 heterocycles. The number of ether oxygens (including phenoxy) is 1. The highest BCUT2D eigenvalue weighted by Crippen LogP contribution is 2.21. The van der Waals surface area contributed by atoms with Gasteiger partial charge in [-0.15, -0.1) is 0 Å². The molecule has 0 unspecified atom stereocenters. The number of hydrogen-bond donors (Lipinski definition) is 3. The summed E-state index contributed by atoms with van der Waals surface area (Å²) < 4.78 is 5.77. The number of nitrogens with one attached hydrogen (secondary N) is 2. The van der Waals surface area contributed by atoms with E-state index in [-0.39, 0.29) is 0 Å². The SMILES string of the molecule is Cc1c(NN)ncnc1NCCOC1CCCC1. The van der Waals surface area contributed by atoms with E-state index >= 15 is 0 Å². The number of hydrogen-bond acceptors (Lipinski definition) is 6. The van der Waals surface area contributed by atoms with Crippen LogP contribution in [0, 0.1) is 6.92 Å². The van der Waals surface area contributed by atoms with Gasteiger partial charge >= 0.3 is 0 Å². The minimum absolute atomic E-state index is 0.458. The van der Waals surface area contributed by atoms with Crippen LogP contribution in [0.15, 0.2) is 6.33 Å². The Morgan fingerprint density at radius 3 is 2.78 bits per heavy atom. The van der Waals surface area contributed by atoms with Gasteiger partial charge in [-0.05, 0) is 19.8 Å². The number of anilines is 2. The third-order valence-corrected chi connectivity index (χ3v) is 3.27. The Morgan fingerprint density at radius 2 is 2.06 bits per heavy atom. The Morgan fingerprint density at radius 1 is 1.33 bits per heavy atom. The summed E-state index contributed by atoms with van der Waals surface area (Å²) in [5.74, 6) is 6.81. The van der Waals surface area contributed by atoms with Crippen molar-refractivity contribution in [3.63, 3.8) is 0 Å². The van der Waals surface area contributed by atoms with Gasteiger partial charge in [0, 0.05) is 12.1 Å². The van der Waals surface area contributed by atoms with Crippen LogP contribution in [0.5, 0.6) is 0 Å². The minimum atomic E-state index is 0.458. The van der Waals surface area contributed by atoms with E-state index < -0.39 is 0 Å². The summed E-state index contributed by atoms with van der Waals surface area (Å²) in [5.41, 5.74) is 3.47. The standard InChI is InChI=1S/C12H21N5O/c1-9-11(15-8-16-12(9)17-13)14-6-7-18-10-4-2-3-5-10/h8,10H,2-7,13H2,1H3,(H2,14,15,16,17). The molecule has 1 saturated carbocycles. The predicted molar refractivity (Wildman–Crippen MR) is 71.3 cm³/mol. The van der Waals surface area contributed by atoms with Gasteiger partial charge in [0.15, 0.2) is 0 Å². The minimum Gasteiger partial charge on any atom is -0.376 e. The third-order valence-electron chi connectivity index (χ3n) is 3.27. The molecule has 100 valence electrons. The fourth-order valence-electron chi connectivity index (χ4n) is 2.22. The molecule has 0 amide bonds. The van der Waals surface area contributed by atoms with Gasteiger partial charge in [0.05, 0.1) is 12.7 Å². The summed E-state index contributed by atoms with van der Waals surface area (Å²) in [4.78, 5) is 8.21. The molecule has 2 rings (SSSR count). The van der Waals surface area contributed by atoms with Gasteiger partial charge in [0.25, 0.3) is 0 Å². The first-order valence-electron chi connectivity index (χ1n) is 6.45. The topological polar surface area (TPSA) is 85.1 Å². The quantitative estimate of drug-likeness (QED) is 0.403. The molecule has 1 aliphatic rings. The molecule has 6 nitrogen and oxygen atoms in total. The zero-order valence-electron chi connectivity index (χ0n) is 10.8. The molecule has 0 radical (unpaired) electrons. The van der Waals surface area contributed by atoms with E-state index in [0.29, 0.717) is 18.5 Å². The maximum atomic E-state index is 5.77. The van der Waals surface area contributed by atoms with E-state index in [2.05, 4.69) is 20.7 Å². The highest BCUT2D eigenvalue weighted by atomic mass is 16.5. The van der Waals surface area contributed by atoms with Crippen LogP contribution in [0.2, 0.25) is 0 Å². The Balaban J connectivity index is 1.75. The molecule has 0 aromatic carbocycles. The van der Waals surface area contributed by atoms with Crippen LogP contribution < -0.4 is 16.6 Å². The fraction of sp³-hybridized carbons (Fsp3) is 0.667. The smallest absolute Gasteiger partial charge is 0.148 e. The van der Waals surface area contributed by atoms with Crippen molar-refractivity contribution in [3.05, 3.63) is 11.9 Å². The average Bonchev–Trinajstić information content (AvgIpc) is 2.89. The van der Waals surface area contributed by atoms with Gasteiger partial charge in [-0.25, -0.2) is 15.8 Å². The zero-order chi connectivity index (χ0) is 12.8. The van der Waals surface area contributed by atoms with Crippen LogP contribution in [0.3, 0.4) is 0 Å². The van der Waals surface area contributed by atoms with Crippen molar-refractivity contribution in [1.29, 1.82) is 0 Å². The summed E-state index contributed by atoms with van der Waals surface area (Å²) >= 11 is 0. The average molecular weight is 251 g/mol. The van der Waals surface area contributed by atoms with E-state index in [1.807, 2.05) is 6.92 Å². The predicted octanol–water partition coefficient (Wildman–Crippen LogP) is 1.44. The molecule has 18 heavy (non-hydrogen) atoms. The second kappa shape index (κ2) is 6.51. The lowest BCUT2D eigenvalue weighted by Crippen LogP contribution is -2.17. The van der Waals surface area contributed by atoms with E-state index in [9.17, 15) is 0 Å². The molecule has 1 aromatic heterocycles. The van der Waals surface area contributed by atoms with E-state index in [1.165, 1.54) is 32.0 Å². The van der Waals surface area contributed by atoms with Gasteiger partial charge in [-0.2, -0.15) is 0 Å². The Labute approximate surface area is 107 Å². The number of aromatic nitrogens is 2. The van der Waals surface area contributed by atoms with E-state index in [4.69, 9.17) is 10.6 Å². The van der Waals surface area contributed by atoms with Crippen molar-refractivity contribution in [2.24, 2.45) is 5.84 Å². The summed E-state index contributed by atoms with van der Waals surface area (Å²) in [6, 6.07) is 0. The third kappa shape index (κ3) is 3.30. The Kier molecular flexibility index (Phi) is 4.72. The van der Waals surface area contributed by atoms with Gasteiger partial charge in [-0.3, -0.25) is 0 Å². The van der Waals surface area contributed by atoms with Gasteiger partial charge in [0.2, 0.25) is 0 Å². The Bertz CT molecular complexity index is 379. The zero-order valence-corrected chi connectivity index (χ0v) is 10.8. The molecule has 0 spiro atoms. The molecule has 1 fully saturated rings. The van der Waals surface area contributed by atoms with Crippen molar-refractivity contribution < 1.29 is 4.74 Å². The lowest BCUT2D eigenvalue weighted by Gasteiger charge is -2.13. The highest BCUT2D eigenvalue weighted by Gasteiger charge is 2.14. The normalized spacial score (nSPS) is 15.9. The Hall–Kier alpha value is -1.40. The van der Waals surface area contributed by atoms with Crippen LogP contribution in [0.25, 0.3) is 0 Å². The summed E-state index contributed by atoms with van der Waals surface area (Å²) in [6.07, 6.45) is 6.95. The largest absolute Gasteiger partial charge is 0.376 e. The molecule has 6 heteroatoms. The lowest BCUT2D eigenvalue weighted by atomic mass is 10.3. The fourth-order valence-corrected chi connectivity index (χ4v) is 2.22. The van der Waals surface area contributed by atoms with Gasteiger partial charge in [-0.1, -0.05) is 12.8 Å². The number of nitrogens with zero attached hydrogens (tertiary/aromatic N) is 2. The summed E-state index contributed by atoms with van der Waals surface area (Å²) in [7, 11) is 0. The van der Waals surface area contributed by atoms with Crippen molar-refractivity contribution in [1.82, 2.24) is 9.97 Å². The number of rotatable bonds is 6. The maximum absolute atomic E-state index is 5.77. The maximum Gasteiger partial charge on any atom is 0.148 e. The molecule has 1 aliphatic carbocycles. The number of nitrogen functional groups attached to an aromatic ring is 1. The van der Waals surface area contributed by atoms with Crippen LogP contribution in [0.4, 0.5) is 11.6 Å². The van der Waals surface area contributed by atoms with Crippen molar-refractivity contribution >= 4 is 11.6 Å². The van der Waals surface area contributed by atoms with Crippen molar-refractivity contribution in [3.8, 4) is 0 Å². The molecule has 0 atom stereocenters. The van der Waals surface area contributed by atoms with Crippen molar-refractivity contribution in [2.45, 2.75) is 38.7 Å². The van der Waals surface area contributed by atoms with Gasteiger partial charge in [0.1, 0.15) is 18.0 Å². The second-order valence-corrected chi connectivity index (χ2v) is 4.54. The van der Waals surface area contributed by atoms with Crippen molar-refractivity contribution in [2.75, 3.05) is 23.9 Å². The second-order valence-electron chi connectivity index (χ2n) is 4.54. The first kappa shape index (κ1) is 13.0. The van der Waals surface area contributed by atoms with Crippen LogP contribution in [-0.4, -0.2) is 29.2 Å². The van der Waals surface area contributed by atoms with Crippen LogP contribution >= 0.6 is 0 Å². The monoisotopic (exact) mass is 251 g/mol. The summed E-state index contributed by atoms with van der Waals surface area (Å²) in [5, 5.41) is 3.24. The van der Waals surface area contributed by atoms with Crippen LogP contribution in [-0.2, 0) is 4.74 Å². The molecule has 0 bridgehead atoms. The highest BCUT2D eigenvalue weighted by molar-refractivity contribution is 5.55. The van der Waals surface area contributed by atoms with Gasteiger partial charge < -0.3 is 15.5 Å². The summed E-state index contributed by atoms with van der Waals surface area (Å²) in [6.45, 7) is 3.38. The van der Waals surface area contributed by atoms with E-state index in [0.717, 1.165) is 17.9 Å². The lowest BCUT2D eigenvalue weighted by molar-refractivity contribution is 0.0658.